The van der Waals surface area contributed by atoms with Gasteiger partial charge in [-0.1, -0.05) is 17.7 Å². The SMILES string of the molecule is Cc1ccc(C)c(C(=O)Nc2ccc(Nc3cc(-n4ccnc4)ncn3)cc2)c1. The summed E-state index contributed by atoms with van der Waals surface area (Å²) < 4.78 is 1.80. The van der Waals surface area contributed by atoms with Crippen molar-refractivity contribution in [2.75, 3.05) is 10.6 Å². The summed E-state index contributed by atoms with van der Waals surface area (Å²) in [5, 5.41) is 6.18. The van der Waals surface area contributed by atoms with Crippen LogP contribution < -0.4 is 10.6 Å². The highest BCUT2D eigenvalue weighted by Crippen LogP contribution is 2.20. The Morgan fingerprint density at radius 3 is 2.52 bits per heavy atom. The molecule has 0 radical (unpaired) electrons. The lowest BCUT2D eigenvalue weighted by Crippen LogP contribution is -2.13. The fourth-order valence-corrected chi connectivity index (χ4v) is 2.91. The van der Waals surface area contributed by atoms with E-state index in [0.717, 1.165) is 28.3 Å². The first-order valence-electron chi connectivity index (χ1n) is 9.14. The number of nitrogens with one attached hydrogen (secondary N) is 2. The minimum atomic E-state index is -0.118. The van der Waals surface area contributed by atoms with E-state index < -0.39 is 0 Å². The first-order chi connectivity index (χ1) is 14.1. The zero-order chi connectivity index (χ0) is 20.2. The molecule has 0 aliphatic rings. The van der Waals surface area contributed by atoms with Crippen LogP contribution in [-0.4, -0.2) is 25.4 Å². The van der Waals surface area contributed by atoms with E-state index in [9.17, 15) is 4.79 Å². The number of hydrogen-bond donors (Lipinski definition) is 2. The molecule has 2 aromatic heterocycles. The highest BCUT2D eigenvalue weighted by atomic mass is 16.1. The molecule has 0 unspecified atom stereocenters. The van der Waals surface area contributed by atoms with Crippen LogP contribution in [0.2, 0.25) is 0 Å². The smallest absolute Gasteiger partial charge is 0.255 e. The third-order valence-corrected chi connectivity index (χ3v) is 4.47. The molecule has 4 aromatic rings. The second-order valence-corrected chi connectivity index (χ2v) is 6.71. The summed E-state index contributed by atoms with van der Waals surface area (Å²) in [5.74, 6) is 1.26. The average Bonchev–Trinajstić information content (AvgIpc) is 3.26. The molecule has 29 heavy (non-hydrogen) atoms. The maximum atomic E-state index is 12.6. The van der Waals surface area contributed by atoms with Gasteiger partial charge in [0.15, 0.2) is 0 Å². The second kappa shape index (κ2) is 7.93. The van der Waals surface area contributed by atoms with Crippen molar-refractivity contribution >= 4 is 23.1 Å². The minimum absolute atomic E-state index is 0.118. The van der Waals surface area contributed by atoms with Crippen molar-refractivity contribution in [1.29, 1.82) is 0 Å². The van der Waals surface area contributed by atoms with E-state index in [2.05, 4.69) is 25.6 Å². The Labute approximate surface area is 168 Å². The van der Waals surface area contributed by atoms with Gasteiger partial charge >= 0.3 is 0 Å². The number of nitrogens with zero attached hydrogens (tertiary/aromatic N) is 4. The first-order valence-corrected chi connectivity index (χ1v) is 9.14. The number of hydrogen-bond acceptors (Lipinski definition) is 5. The number of amides is 1. The van der Waals surface area contributed by atoms with Crippen LogP contribution in [0.25, 0.3) is 5.82 Å². The Bertz CT molecular complexity index is 1140. The lowest BCUT2D eigenvalue weighted by Gasteiger charge is -2.10. The number of rotatable bonds is 5. The van der Waals surface area contributed by atoms with Crippen molar-refractivity contribution in [1.82, 2.24) is 19.5 Å². The number of carbonyl (C=O) groups excluding carboxylic acids is 1. The monoisotopic (exact) mass is 384 g/mol. The van der Waals surface area contributed by atoms with Gasteiger partial charge in [-0.3, -0.25) is 9.36 Å². The molecule has 0 atom stereocenters. The summed E-state index contributed by atoms with van der Waals surface area (Å²) >= 11 is 0. The summed E-state index contributed by atoms with van der Waals surface area (Å²) in [7, 11) is 0. The molecule has 0 aliphatic carbocycles. The highest BCUT2D eigenvalue weighted by Gasteiger charge is 2.09. The first kappa shape index (κ1) is 18.4. The molecule has 0 bridgehead atoms. The molecule has 4 rings (SSSR count). The van der Waals surface area contributed by atoms with Crippen molar-refractivity contribution < 1.29 is 4.79 Å². The molecule has 0 saturated carbocycles. The summed E-state index contributed by atoms with van der Waals surface area (Å²) in [6.45, 7) is 3.91. The van der Waals surface area contributed by atoms with Gasteiger partial charge in [0.1, 0.15) is 24.3 Å². The number of carbonyl (C=O) groups is 1. The normalized spacial score (nSPS) is 10.6. The Balaban J connectivity index is 1.45. The molecule has 2 heterocycles. The van der Waals surface area contributed by atoms with E-state index in [0.29, 0.717) is 11.4 Å². The van der Waals surface area contributed by atoms with Crippen molar-refractivity contribution in [2.24, 2.45) is 0 Å². The maximum Gasteiger partial charge on any atom is 0.255 e. The number of anilines is 3. The fourth-order valence-electron chi connectivity index (χ4n) is 2.91. The number of imidazole rings is 1. The Morgan fingerprint density at radius 1 is 0.966 bits per heavy atom. The van der Waals surface area contributed by atoms with Crippen LogP contribution in [-0.2, 0) is 0 Å². The Morgan fingerprint density at radius 2 is 1.76 bits per heavy atom. The average molecular weight is 384 g/mol. The van der Waals surface area contributed by atoms with Gasteiger partial charge in [0.05, 0.1) is 0 Å². The largest absolute Gasteiger partial charge is 0.340 e. The van der Waals surface area contributed by atoms with Crippen molar-refractivity contribution in [2.45, 2.75) is 13.8 Å². The zero-order valence-corrected chi connectivity index (χ0v) is 16.1. The van der Waals surface area contributed by atoms with Crippen LogP contribution in [0.15, 0.2) is 73.6 Å². The third kappa shape index (κ3) is 4.30. The summed E-state index contributed by atoms with van der Waals surface area (Å²) in [5.41, 5.74) is 4.26. The maximum absolute atomic E-state index is 12.6. The molecule has 0 fully saturated rings. The van der Waals surface area contributed by atoms with Gasteiger partial charge in [-0.15, -0.1) is 0 Å². The van der Waals surface area contributed by atoms with E-state index in [-0.39, 0.29) is 5.91 Å². The predicted molar refractivity (Wildman–Crippen MR) is 113 cm³/mol. The van der Waals surface area contributed by atoms with Gasteiger partial charge in [0.25, 0.3) is 5.91 Å². The van der Waals surface area contributed by atoms with Gasteiger partial charge in [-0.25, -0.2) is 15.0 Å². The van der Waals surface area contributed by atoms with Crippen molar-refractivity contribution in [3.05, 3.63) is 90.3 Å². The standard InChI is InChI=1S/C22H20N6O/c1-15-3-4-16(2)19(11-15)22(29)27-18-7-5-17(6-8-18)26-20-12-21(25-13-24-20)28-10-9-23-14-28/h3-14H,1-2H3,(H,27,29)(H,24,25,26). The molecular formula is C22H20N6O. The van der Waals surface area contributed by atoms with E-state index in [1.165, 1.54) is 6.33 Å². The molecule has 2 N–H and O–H groups in total. The lowest BCUT2D eigenvalue weighted by molar-refractivity contribution is 0.102. The molecule has 1 amide bonds. The molecular weight excluding hydrogens is 364 g/mol. The number of benzene rings is 2. The Kier molecular flexibility index (Phi) is 5.03. The highest BCUT2D eigenvalue weighted by molar-refractivity contribution is 6.05. The van der Waals surface area contributed by atoms with E-state index in [1.807, 2.05) is 68.6 Å². The van der Waals surface area contributed by atoms with Crippen molar-refractivity contribution in [3.63, 3.8) is 0 Å². The molecule has 0 spiro atoms. The van der Waals surface area contributed by atoms with Crippen molar-refractivity contribution in [3.8, 4) is 5.82 Å². The van der Waals surface area contributed by atoms with Crippen LogP contribution >= 0.6 is 0 Å². The number of aromatic nitrogens is 4. The zero-order valence-electron chi connectivity index (χ0n) is 16.1. The third-order valence-electron chi connectivity index (χ3n) is 4.47. The van der Waals surface area contributed by atoms with Gasteiger partial charge in [-0.2, -0.15) is 0 Å². The van der Waals surface area contributed by atoms with Crippen LogP contribution in [0.1, 0.15) is 21.5 Å². The summed E-state index contributed by atoms with van der Waals surface area (Å²) in [6, 6.07) is 15.2. The van der Waals surface area contributed by atoms with Crippen LogP contribution in [0.5, 0.6) is 0 Å². The van der Waals surface area contributed by atoms with Gasteiger partial charge in [0.2, 0.25) is 0 Å². The number of aryl methyl sites for hydroxylation is 2. The predicted octanol–water partition coefficient (Wildman–Crippen LogP) is 4.28. The fraction of sp³-hybridized carbons (Fsp3) is 0.0909. The quantitative estimate of drug-likeness (QED) is 0.537. The molecule has 2 aromatic carbocycles. The second-order valence-electron chi connectivity index (χ2n) is 6.71. The van der Waals surface area contributed by atoms with Gasteiger partial charge in [-0.05, 0) is 49.7 Å². The molecule has 0 aliphatic heterocycles. The Hall–Kier alpha value is -4.00. The van der Waals surface area contributed by atoms with E-state index in [4.69, 9.17) is 0 Å². The van der Waals surface area contributed by atoms with Gasteiger partial charge in [0, 0.05) is 35.4 Å². The molecule has 144 valence electrons. The van der Waals surface area contributed by atoms with Crippen LogP contribution in [0.4, 0.5) is 17.2 Å². The van der Waals surface area contributed by atoms with Crippen LogP contribution in [0.3, 0.4) is 0 Å². The molecule has 7 nitrogen and oxygen atoms in total. The molecule has 0 saturated heterocycles. The summed E-state index contributed by atoms with van der Waals surface area (Å²) in [4.78, 5) is 25.1. The van der Waals surface area contributed by atoms with Gasteiger partial charge < -0.3 is 10.6 Å². The van der Waals surface area contributed by atoms with Crippen LogP contribution in [0, 0.1) is 13.8 Å². The lowest BCUT2D eigenvalue weighted by atomic mass is 10.1. The van der Waals surface area contributed by atoms with E-state index in [1.54, 1.807) is 17.1 Å². The molecule has 7 heteroatoms. The topological polar surface area (TPSA) is 84.7 Å². The summed E-state index contributed by atoms with van der Waals surface area (Å²) in [6.07, 6.45) is 6.69. The minimum Gasteiger partial charge on any atom is -0.340 e. The van der Waals surface area contributed by atoms with E-state index >= 15 is 0 Å².